The molecular weight excluding hydrogens is 238 g/mol. The number of hydrogen-bond donors (Lipinski definition) is 2. The SMILES string of the molecule is NC1C=CC(C(=O)Nc2ccc3ncccc3c2)C1. The molecule has 1 aliphatic rings. The van der Waals surface area contributed by atoms with Crippen molar-refractivity contribution in [3.63, 3.8) is 0 Å². The summed E-state index contributed by atoms with van der Waals surface area (Å²) in [7, 11) is 0. The Labute approximate surface area is 111 Å². The van der Waals surface area contributed by atoms with Crippen LogP contribution in [-0.4, -0.2) is 16.9 Å². The van der Waals surface area contributed by atoms with Crippen molar-refractivity contribution in [1.82, 2.24) is 4.98 Å². The highest BCUT2D eigenvalue weighted by Gasteiger charge is 2.22. The van der Waals surface area contributed by atoms with E-state index >= 15 is 0 Å². The van der Waals surface area contributed by atoms with Gasteiger partial charge in [-0.05, 0) is 30.7 Å². The maximum Gasteiger partial charge on any atom is 0.231 e. The van der Waals surface area contributed by atoms with Crippen molar-refractivity contribution in [3.8, 4) is 0 Å². The summed E-state index contributed by atoms with van der Waals surface area (Å²) in [6, 6.07) is 9.55. The van der Waals surface area contributed by atoms with Gasteiger partial charge in [-0.2, -0.15) is 0 Å². The van der Waals surface area contributed by atoms with E-state index in [1.54, 1.807) is 6.20 Å². The molecule has 0 saturated carbocycles. The van der Waals surface area contributed by atoms with Crippen LogP contribution in [0.4, 0.5) is 5.69 Å². The quantitative estimate of drug-likeness (QED) is 0.805. The molecule has 3 rings (SSSR count). The maximum absolute atomic E-state index is 12.1. The summed E-state index contributed by atoms with van der Waals surface area (Å²) < 4.78 is 0. The number of carbonyl (C=O) groups is 1. The van der Waals surface area contributed by atoms with Crippen LogP contribution >= 0.6 is 0 Å². The molecule has 2 aromatic rings. The van der Waals surface area contributed by atoms with Gasteiger partial charge in [-0.1, -0.05) is 18.2 Å². The molecule has 19 heavy (non-hydrogen) atoms. The summed E-state index contributed by atoms with van der Waals surface area (Å²) in [4.78, 5) is 16.3. The van der Waals surface area contributed by atoms with E-state index in [-0.39, 0.29) is 17.9 Å². The van der Waals surface area contributed by atoms with E-state index in [0.29, 0.717) is 6.42 Å². The lowest BCUT2D eigenvalue weighted by atomic mass is 10.1. The second-order valence-electron chi connectivity index (χ2n) is 4.79. The van der Waals surface area contributed by atoms with Crippen LogP contribution in [0.3, 0.4) is 0 Å². The van der Waals surface area contributed by atoms with Gasteiger partial charge in [-0.25, -0.2) is 0 Å². The first-order valence-electron chi connectivity index (χ1n) is 6.32. The second kappa shape index (κ2) is 4.82. The summed E-state index contributed by atoms with van der Waals surface area (Å²) in [6.45, 7) is 0. The molecule has 0 spiro atoms. The lowest BCUT2D eigenvalue weighted by molar-refractivity contribution is -0.118. The van der Waals surface area contributed by atoms with E-state index in [4.69, 9.17) is 5.73 Å². The third kappa shape index (κ3) is 2.48. The van der Waals surface area contributed by atoms with Gasteiger partial charge in [0.05, 0.1) is 11.4 Å². The summed E-state index contributed by atoms with van der Waals surface area (Å²) in [5, 5.41) is 3.94. The Morgan fingerprint density at radius 3 is 3.00 bits per heavy atom. The lowest BCUT2D eigenvalue weighted by Gasteiger charge is -2.11. The summed E-state index contributed by atoms with van der Waals surface area (Å²) in [5.74, 6) is -0.132. The van der Waals surface area contributed by atoms with Crippen molar-refractivity contribution >= 4 is 22.5 Å². The number of carbonyl (C=O) groups excluding carboxylic acids is 1. The molecule has 0 radical (unpaired) electrons. The Hall–Kier alpha value is -2.20. The Bertz CT molecular complexity index is 651. The molecule has 2 unspecified atom stereocenters. The minimum Gasteiger partial charge on any atom is -0.326 e. The maximum atomic E-state index is 12.1. The van der Waals surface area contributed by atoms with E-state index in [1.165, 1.54) is 0 Å². The van der Waals surface area contributed by atoms with E-state index in [1.807, 2.05) is 42.5 Å². The van der Waals surface area contributed by atoms with E-state index in [9.17, 15) is 4.79 Å². The third-order valence-corrected chi connectivity index (χ3v) is 3.32. The number of amides is 1. The first kappa shape index (κ1) is 11.9. The molecule has 0 saturated heterocycles. The minimum absolute atomic E-state index is 0.00319. The first-order chi connectivity index (χ1) is 9.22. The molecule has 4 nitrogen and oxygen atoms in total. The van der Waals surface area contributed by atoms with E-state index in [0.717, 1.165) is 16.6 Å². The molecule has 2 atom stereocenters. The van der Waals surface area contributed by atoms with Gasteiger partial charge in [0.25, 0.3) is 0 Å². The zero-order chi connectivity index (χ0) is 13.2. The number of rotatable bonds is 2. The smallest absolute Gasteiger partial charge is 0.231 e. The normalized spacial score (nSPS) is 21.7. The number of hydrogen-bond acceptors (Lipinski definition) is 3. The predicted molar refractivity (Wildman–Crippen MR) is 75.6 cm³/mol. The number of aromatic nitrogens is 1. The van der Waals surface area contributed by atoms with Crippen LogP contribution in [0.5, 0.6) is 0 Å². The second-order valence-corrected chi connectivity index (χ2v) is 4.79. The van der Waals surface area contributed by atoms with Gasteiger partial charge in [-0.15, -0.1) is 0 Å². The van der Waals surface area contributed by atoms with Crippen molar-refractivity contribution in [2.24, 2.45) is 11.7 Å². The van der Waals surface area contributed by atoms with Gasteiger partial charge in [0.2, 0.25) is 5.91 Å². The molecule has 0 aliphatic heterocycles. The van der Waals surface area contributed by atoms with Crippen molar-refractivity contribution in [3.05, 3.63) is 48.7 Å². The first-order valence-corrected chi connectivity index (χ1v) is 6.32. The molecule has 0 fully saturated rings. The molecule has 96 valence electrons. The van der Waals surface area contributed by atoms with E-state index < -0.39 is 0 Å². The summed E-state index contributed by atoms with van der Waals surface area (Å²) in [5.41, 5.74) is 7.47. The molecule has 1 amide bonds. The van der Waals surface area contributed by atoms with Gasteiger partial charge in [0.1, 0.15) is 0 Å². The van der Waals surface area contributed by atoms with Gasteiger partial charge >= 0.3 is 0 Å². The van der Waals surface area contributed by atoms with Crippen LogP contribution < -0.4 is 11.1 Å². The Balaban J connectivity index is 1.78. The number of anilines is 1. The molecule has 0 bridgehead atoms. The molecule has 1 heterocycles. The zero-order valence-electron chi connectivity index (χ0n) is 10.4. The average Bonchev–Trinajstić information content (AvgIpc) is 2.85. The molecule has 1 aliphatic carbocycles. The van der Waals surface area contributed by atoms with Crippen molar-refractivity contribution in [2.45, 2.75) is 12.5 Å². The van der Waals surface area contributed by atoms with Crippen molar-refractivity contribution in [1.29, 1.82) is 0 Å². The average molecular weight is 253 g/mol. The topological polar surface area (TPSA) is 68.0 Å². The van der Waals surface area contributed by atoms with Crippen molar-refractivity contribution in [2.75, 3.05) is 5.32 Å². The number of pyridine rings is 1. The fraction of sp³-hybridized carbons (Fsp3) is 0.200. The minimum atomic E-state index is -0.125. The van der Waals surface area contributed by atoms with E-state index in [2.05, 4.69) is 10.3 Å². The van der Waals surface area contributed by atoms with Crippen molar-refractivity contribution < 1.29 is 4.79 Å². The van der Waals surface area contributed by atoms with Crippen LogP contribution in [0, 0.1) is 5.92 Å². The van der Waals surface area contributed by atoms with Crippen LogP contribution in [-0.2, 0) is 4.79 Å². The molecular formula is C15H15N3O. The van der Waals surface area contributed by atoms with Gasteiger partial charge in [0.15, 0.2) is 0 Å². The Morgan fingerprint density at radius 1 is 1.32 bits per heavy atom. The third-order valence-electron chi connectivity index (χ3n) is 3.32. The predicted octanol–water partition coefficient (Wildman–Crippen LogP) is 2.08. The monoisotopic (exact) mass is 253 g/mol. The highest BCUT2D eigenvalue weighted by molar-refractivity contribution is 5.96. The number of fused-ring (bicyclic) bond motifs is 1. The fourth-order valence-electron chi connectivity index (χ4n) is 2.31. The zero-order valence-corrected chi connectivity index (χ0v) is 10.4. The van der Waals surface area contributed by atoms with Gasteiger partial charge < -0.3 is 11.1 Å². The van der Waals surface area contributed by atoms with Crippen LogP contribution in [0.25, 0.3) is 10.9 Å². The van der Waals surface area contributed by atoms with Crippen LogP contribution in [0.2, 0.25) is 0 Å². The largest absolute Gasteiger partial charge is 0.326 e. The Morgan fingerprint density at radius 2 is 2.21 bits per heavy atom. The highest BCUT2D eigenvalue weighted by Crippen LogP contribution is 2.21. The number of nitrogens with one attached hydrogen (secondary N) is 1. The number of benzene rings is 1. The Kier molecular flexibility index (Phi) is 3.01. The van der Waals surface area contributed by atoms with Crippen LogP contribution in [0.15, 0.2) is 48.7 Å². The summed E-state index contributed by atoms with van der Waals surface area (Å²) >= 11 is 0. The molecule has 1 aromatic heterocycles. The molecule has 4 heteroatoms. The standard InChI is InChI=1S/C15H15N3O/c16-12-4-3-11(8-12)15(19)18-13-5-6-14-10(9-13)2-1-7-17-14/h1-7,9,11-12H,8,16H2,(H,18,19). The van der Waals surface area contributed by atoms with Gasteiger partial charge in [0, 0.05) is 23.3 Å². The number of nitrogens with two attached hydrogens (primary N) is 1. The number of nitrogens with zero attached hydrogens (tertiary/aromatic N) is 1. The summed E-state index contributed by atoms with van der Waals surface area (Å²) in [6.07, 6.45) is 6.20. The molecule has 3 N–H and O–H groups in total. The highest BCUT2D eigenvalue weighted by atomic mass is 16.1. The van der Waals surface area contributed by atoms with Crippen LogP contribution in [0.1, 0.15) is 6.42 Å². The fourth-order valence-corrected chi connectivity index (χ4v) is 2.31. The van der Waals surface area contributed by atoms with Gasteiger partial charge in [-0.3, -0.25) is 9.78 Å². The lowest BCUT2D eigenvalue weighted by Crippen LogP contribution is -2.23. The molecule has 1 aromatic carbocycles.